The number of aromatic amines is 2. The Morgan fingerprint density at radius 2 is 2.05 bits per heavy atom. The third kappa shape index (κ3) is 4.07. The van der Waals surface area contributed by atoms with Crippen LogP contribution in [0.15, 0.2) is 23.0 Å². The van der Waals surface area contributed by atoms with Crippen LogP contribution < -0.4 is 21.2 Å². The fraction of sp³-hybridized carbons (Fsp3) is 0.385. The van der Waals surface area contributed by atoms with E-state index < -0.39 is 0 Å². The van der Waals surface area contributed by atoms with Gasteiger partial charge in [-0.05, 0) is 30.4 Å². The lowest BCUT2D eigenvalue weighted by Gasteiger charge is -2.11. The zero-order valence-electron chi connectivity index (χ0n) is 11.7. The highest BCUT2D eigenvalue weighted by molar-refractivity contribution is 7.80. The molecule has 1 aromatic carbocycles. The molecular formula is C13H20N5OS+. The zero-order chi connectivity index (χ0) is 14.5. The molecule has 6 nitrogen and oxygen atoms in total. The predicted molar refractivity (Wildman–Crippen MR) is 85.4 cm³/mol. The molecule has 1 heterocycles. The summed E-state index contributed by atoms with van der Waals surface area (Å²) in [6, 6.07) is 5.57. The Bertz CT molecular complexity index is 645. The first-order valence-electron chi connectivity index (χ1n) is 6.60. The van der Waals surface area contributed by atoms with Gasteiger partial charge in [0.15, 0.2) is 5.11 Å². The molecule has 0 radical (unpaired) electrons. The number of anilines is 1. The molecule has 0 bridgehead atoms. The van der Waals surface area contributed by atoms with Gasteiger partial charge >= 0.3 is 5.69 Å². The second-order valence-corrected chi connectivity index (χ2v) is 5.44. The van der Waals surface area contributed by atoms with E-state index in [-0.39, 0.29) is 5.69 Å². The number of benzene rings is 1. The van der Waals surface area contributed by atoms with Crippen LogP contribution in [0.2, 0.25) is 0 Å². The van der Waals surface area contributed by atoms with E-state index in [0.717, 1.165) is 36.2 Å². The van der Waals surface area contributed by atoms with E-state index in [1.54, 1.807) is 0 Å². The van der Waals surface area contributed by atoms with Crippen molar-refractivity contribution in [1.29, 1.82) is 0 Å². The van der Waals surface area contributed by atoms with Gasteiger partial charge in [-0.2, -0.15) is 0 Å². The minimum absolute atomic E-state index is 0.205. The van der Waals surface area contributed by atoms with Crippen molar-refractivity contribution in [3.8, 4) is 0 Å². The standard InChI is InChI=1S/C13H19N5OS/c1-18(2)7-3-6-14-13(20)15-9-4-5-10-11(8-9)17-12(19)16-10/h4-5,8H,3,6-7H2,1-2H3,(H2,14,15,20)(H2,16,17,19)/p+1. The third-order valence-electron chi connectivity index (χ3n) is 2.91. The zero-order valence-corrected chi connectivity index (χ0v) is 12.5. The predicted octanol–water partition coefficient (Wildman–Crippen LogP) is -0.323. The molecule has 0 aliphatic carbocycles. The number of thiocarbonyl (C=S) groups is 1. The third-order valence-corrected chi connectivity index (χ3v) is 3.16. The summed E-state index contributed by atoms with van der Waals surface area (Å²) in [5.41, 5.74) is 2.19. The molecule has 108 valence electrons. The van der Waals surface area contributed by atoms with Crippen molar-refractivity contribution in [2.24, 2.45) is 0 Å². The van der Waals surface area contributed by atoms with Crippen LogP contribution in [-0.4, -0.2) is 42.3 Å². The number of imidazole rings is 1. The molecule has 2 rings (SSSR count). The van der Waals surface area contributed by atoms with Crippen molar-refractivity contribution < 1.29 is 4.90 Å². The van der Waals surface area contributed by atoms with Gasteiger partial charge < -0.3 is 25.5 Å². The molecule has 20 heavy (non-hydrogen) atoms. The van der Waals surface area contributed by atoms with E-state index in [9.17, 15) is 4.79 Å². The molecule has 0 atom stereocenters. The van der Waals surface area contributed by atoms with Crippen LogP contribution in [0.25, 0.3) is 11.0 Å². The number of quaternary nitrogens is 1. The Hall–Kier alpha value is -1.86. The van der Waals surface area contributed by atoms with Crippen molar-refractivity contribution >= 4 is 34.1 Å². The number of hydrogen-bond acceptors (Lipinski definition) is 2. The number of rotatable bonds is 5. The maximum absolute atomic E-state index is 11.2. The molecule has 5 N–H and O–H groups in total. The molecule has 0 aliphatic heterocycles. The average molecular weight is 294 g/mol. The molecule has 0 amide bonds. The molecule has 0 spiro atoms. The van der Waals surface area contributed by atoms with Crippen molar-refractivity contribution in [3.05, 3.63) is 28.7 Å². The van der Waals surface area contributed by atoms with Gasteiger partial charge in [-0.1, -0.05) is 0 Å². The summed E-state index contributed by atoms with van der Waals surface area (Å²) in [6.45, 7) is 1.95. The second-order valence-electron chi connectivity index (χ2n) is 5.03. The van der Waals surface area contributed by atoms with E-state index >= 15 is 0 Å². The lowest BCUT2D eigenvalue weighted by Crippen LogP contribution is -3.05. The van der Waals surface area contributed by atoms with Gasteiger partial charge in [0.25, 0.3) is 0 Å². The smallest absolute Gasteiger partial charge is 0.323 e. The highest BCUT2D eigenvalue weighted by Crippen LogP contribution is 2.14. The summed E-state index contributed by atoms with van der Waals surface area (Å²) in [5.74, 6) is 0. The first-order valence-corrected chi connectivity index (χ1v) is 7.01. The van der Waals surface area contributed by atoms with Crippen LogP contribution in [0, 0.1) is 0 Å². The van der Waals surface area contributed by atoms with Crippen LogP contribution >= 0.6 is 12.2 Å². The maximum atomic E-state index is 11.2. The Morgan fingerprint density at radius 3 is 2.80 bits per heavy atom. The van der Waals surface area contributed by atoms with Crippen LogP contribution in [0.3, 0.4) is 0 Å². The van der Waals surface area contributed by atoms with E-state index in [1.807, 2.05) is 18.2 Å². The topological polar surface area (TPSA) is 77.2 Å². The van der Waals surface area contributed by atoms with Gasteiger partial charge in [0, 0.05) is 18.7 Å². The van der Waals surface area contributed by atoms with Gasteiger partial charge in [-0.3, -0.25) is 0 Å². The van der Waals surface area contributed by atoms with Crippen molar-refractivity contribution in [2.45, 2.75) is 6.42 Å². The Balaban J connectivity index is 1.87. The lowest BCUT2D eigenvalue weighted by atomic mass is 10.3. The molecule has 0 aliphatic rings. The number of aromatic nitrogens is 2. The van der Waals surface area contributed by atoms with Crippen LogP contribution in [0.4, 0.5) is 5.69 Å². The molecule has 1 aromatic heterocycles. The highest BCUT2D eigenvalue weighted by atomic mass is 32.1. The first-order chi connectivity index (χ1) is 9.54. The summed E-state index contributed by atoms with van der Waals surface area (Å²) in [7, 11) is 4.26. The number of nitrogens with one attached hydrogen (secondary N) is 5. The van der Waals surface area contributed by atoms with Gasteiger partial charge in [0.05, 0.1) is 31.7 Å². The van der Waals surface area contributed by atoms with Crippen molar-refractivity contribution in [2.75, 3.05) is 32.5 Å². The van der Waals surface area contributed by atoms with Crippen LogP contribution in [-0.2, 0) is 0 Å². The molecule has 2 aromatic rings. The van der Waals surface area contributed by atoms with Gasteiger partial charge in [-0.25, -0.2) is 4.79 Å². The monoisotopic (exact) mass is 294 g/mol. The van der Waals surface area contributed by atoms with Gasteiger partial charge in [0.2, 0.25) is 0 Å². The molecule has 0 saturated carbocycles. The lowest BCUT2D eigenvalue weighted by molar-refractivity contribution is -0.858. The van der Waals surface area contributed by atoms with E-state index in [1.165, 1.54) is 4.90 Å². The highest BCUT2D eigenvalue weighted by Gasteiger charge is 2.02. The maximum Gasteiger partial charge on any atom is 0.323 e. The number of H-pyrrole nitrogens is 2. The molecule has 0 fully saturated rings. The normalized spacial score (nSPS) is 10.9. The van der Waals surface area contributed by atoms with Crippen molar-refractivity contribution in [1.82, 2.24) is 15.3 Å². The summed E-state index contributed by atoms with van der Waals surface area (Å²) >= 11 is 5.23. The first kappa shape index (κ1) is 14.5. The summed E-state index contributed by atoms with van der Waals surface area (Å²) in [5, 5.41) is 6.87. The average Bonchev–Trinajstić information content (AvgIpc) is 2.74. The van der Waals surface area contributed by atoms with E-state index in [2.05, 4.69) is 34.7 Å². The molecule has 7 heteroatoms. The molecule has 0 saturated heterocycles. The summed E-state index contributed by atoms with van der Waals surface area (Å²) in [4.78, 5) is 18.0. The number of fused-ring (bicyclic) bond motifs is 1. The molecule has 0 unspecified atom stereocenters. The Kier molecular flexibility index (Phi) is 4.75. The van der Waals surface area contributed by atoms with Crippen LogP contribution in [0.1, 0.15) is 6.42 Å². The van der Waals surface area contributed by atoms with Gasteiger partial charge in [0.1, 0.15) is 0 Å². The number of hydrogen-bond donors (Lipinski definition) is 5. The second kappa shape index (κ2) is 6.53. The fourth-order valence-corrected chi connectivity index (χ4v) is 2.15. The van der Waals surface area contributed by atoms with Gasteiger partial charge in [-0.15, -0.1) is 0 Å². The summed E-state index contributed by atoms with van der Waals surface area (Å²) in [6.07, 6.45) is 1.06. The quantitative estimate of drug-likeness (QED) is 0.387. The van der Waals surface area contributed by atoms with Crippen molar-refractivity contribution in [3.63, 3.8) is 0 Å². The SMILES string of the molecule is C[NH+](C)CCCNC(=S)Nc1ccc2[nH]c(=O)[nH]c2c1. The fourth-order valence-electron chi connectivity index (χ4n) is 1.93. The van der Waals surface area contributed by atoms with Crippen LogP contribution in [0.5, 0.6) is 0 Å². The largest absolute Gasteiger partial charge is 0.362 e. The minimum Gasteiger partial charge on any atom is -0.362 e. The summed E-state index contributed by atoms with van der Waals surface area (Å²) < 4.78 is 0. The molecular weight excluding hydrogens is 274 g/mol. The van der Waals surface area contributed by atoms with E-state index in [0.29, 0.717) is 5.11 Å². The van der Waals surface area contributed by atoms with E-state index in [4.69, 9.17) is 12.2 Å². The Labute approximate surface area is 122 Å². The minimum atomic E-state index is -0.205. The Morgan fingerprint density at radius 1 is 1.30 bits per heavy atom.